The van der Waals surface area contributed by atoms with Crippen molar-refractivity contribution < 1.29 is 23.7 Å². The average molecular weight is 517 g/mol. The van der Waals surface area contributed by atoms with Gasteiger partial charge < -0.3 is 33.3 Å². The van der Waals surface area contributed by atoms with Crippen LogP contribution in [-0.2, 0) is 25.4 Å². The number of anilines is 1. The van der Waals surface area contributed by atoms with Crippen molar-refractivity contribution in [3.8, 4) is 17.2 Å². The Morgan fingerprint density at radius 1 is 0.919 bits per heavy atom. The molecule has 0 unspecified atom stereocenters. The largest absolute Gasteiger partial charge is 0.493 e. The molecule has 1 aromatic carbocycles. The highest BCUT2D eigenvalue weighted by Crippen LogP contribution is 2.38. The van der Waals surface area contributed by atoms with E-state index in [-0.39, 0.29) is 18.7 Å². The van der Waals surface area contributed by atoms with Crippen LogP contribution in [0, 0.1) is 0 Å². The second-order valence-corrected chi connectivity index (χ2v) is 8.78. The Kier molecular flexibility index (Phi) is 7.43. The van der Waals surface area contributed by atoms with Crippen molar-refractivity contribution >= 4 is 23.1 Å². The van der Waals surface area contributed by atoms with Crippen molar-refractivity contribution in [2.75, 3.05) is 66.1 Å². The van der Waals surface area contributed by atoms with Crippen LogP contribution in [0.15, 0.2) is 21.7 Å². The summed E-state index contributed by atoms with van der Waals surface area (Å²) in [7, 11) is 9.75. The van der Waals surface area contributed by atoms with Crippen molar-refractivity contribution in [1.82, 2.24) is 23.6 Å². The molecule has 0 bridgehead atoms. The summed E-state index contributed by atoms with van der Waals surface area (Å²) >= 11 is 0. The number of hydrogen-bond donors (Lipinski definition) is 0. The van der Waals surface area contributed by atoms with Gasteiger partial charge in [-0.2, -0.15) is 4.98 Å². The SMILES string of the molecule is COc1cc(C(=O)OCCn2c(=O)c3c(nc(N4CCN(C)CC4)n3C)n(C)c2=O)cc(OC)c1OC. The minimum Gasteiger partial charge on any atom is -0.493 e. The number of piperazine rings is 1. The maximum absolute atomic E-state index is 13.3. The molecular formula is C24H32N6O7. The normalized spacial score (nSPS) is 14.2. The molecule has 3 heterocycles. The predicted octanol–water partition coefficient (Wildman–Crippen LogP) is 0.0683. The lowest BCUT2D eigenvalue weighted by Crippen LogP contribution is -2.45. The average Bonchev–Trinajstić information content (AvgIpc) is 3.25. The van der Waals surface area contributed by atoms with Crippen LogP contribution >= 0.6 is 0 Å². The molecule has 0 atom stereocenters. The zero-order valence-electron chi connectivity index (χ0n) is 21.9. The molecule has 1 aliphatic heterocycles. The highest BCUT2D eigenvalue weighted by atomic mass is 16.5. The fourth-order valence-electron chi connectivity index (χ4n) is 4.43. The first kappa shape index (κ1) is 26.1. The molecule has 0 radical (unpaired) electrons. The monoisotopic (exact) mass is 516 g/mol. The molecule has 1 saturated heterocycles. The number of methoxy groups -OCH3 is 3. The van der Waals surface area contributed by atoms with Crippen molar-refractivity contribution in [3.63, 3.8) is 0 Å². The Morgan fingerprint density at radius 2 is 1.54 bits per heavy atom. The minimum atomic E-state index is -0.664. The van der Waals surface area contributed by atoms with Gasteiger partial charge in [0.2, 0.25) is 11.7 Å². The van der Waals surface area contributed by atoms with Gasteiger partial charge in [-0.05, 0) is 19.2 Å². The van der Waals surface area contributed by atoms with Crippen LogP contribution in [0.3, 0.4) is 0 Å². The topological polar surface area (TPSA) is 122 Å². The molecule has 0 N–H and O–H groups in total. The first-order valence-electron chi connectivity index (χ1n) is 11.8. The summed E-state index contributed by atoms with van der Waals surface area (Å²) in [6.07, 6.45) is 0. The molecule has 0 spiro atoms. The molecular weight excluding hydrogens is 484 g/mol. The first-order valence-corrected chi connectivity index (χ1v) is 11.8. The molecule has 0 aliphatic carbocycles. The van der Waals surface area contributed by atoms with Gasteiger partial charge in [-0.25, -0.2) is 9.59 Å². The van der Waals surface area contributed by atoms with Gasteiger partial charge in [0.05, 0.1) is 33.4 Å². The predicted molar refractivity (Wildman–Crippen MR) is 136 cm³/mol. The van der Waals surface area contributed by atoms with Gasteiger partial charge >= 0.3 is 11.7 Å². The van der Waals surface area contributed by atoms with E-state index in [0.717, 1.165) is 30.7 Å². The summed E-state index contributed by atoms with van der Waals surface area (Å²) in [6, 6.07) is 2.94. The summed E-state index contributed by atoms with van der Waals surface area (Å²) in [5.41, 5.74) is -0.223. The number of benzene rings is 1. The summed E-state index contributed by atoms with van der Waals surface area (Å²) < 4.78 is 25.3. The van der Waals surface area contributed by atoms with Gasteiger partial charge in [-0.1, -0.05) is 0 Å². The number of aryl methyl sites for hydroxylation is 2. The number of aromatic nitrogens is 4. The number of rotatable bonds is 8. The lowest BCUT2D eigenvalue weighted by atomic mass is 10.2. The Morgan fingerprint density at radius 3 is 2.11 bits per heavy atom. The van der Waals surface area contributed by atoms with Crippen LogP contribution in [0.5, 0.6) is 17.2 Å². The number of esters is 1. The molecule has 13 heteroatoms. The van der Waals surface area contributed by atoms with Crippen LogP contribution < -0.4 is 30.4 Å². The van der Waals surface area contributed by atoms with Crippen LogP contribution in [0.2, 0.25) is 0 Å². The van der Waals surface area contributed by atoms with E-state index in [1.54, 1.807) is 18.7 Å². The standard InChI is InChI=1S/C24H32N6O7/c1-26-7-9-29(10-8-26)23-25-20-18(27(23)2)21(31)30(24(33)28(20)3)11-12-37-22(32)15-13-16(34-4)19(36-6)17(14-15)35-5/h13-14H,7-12H2,1-6H3. The number of imidazole rings is 1. The zero-order valence-corrected chi connectivity index (χ0v) is 21.9. The highest BCUT2D eigenvalue weighted by Gasteiger charge is 2.24. The van der Waals surface area contributed by atoms with E-state index in [2.05, 4.69) is 21.8 Å². The molecule has 1 aliphatic rings. The molecule has 3 aromatic rings. The van der Waals surface area contributed by atoms with Crippen molar-refractivity contribution in [2.24, 2.45) is 14.1 Å². The van der Waals surface area contributed by atoms with E-state index < -0.39 is 17.2 Å². The molecule has 1 fully saturated rings. The summed E-state index contributed by atoms with van der Waals surface area (Å²) in [4.78, 5) is 48.0. The lowest BCUT2D eigenvalue weighted by molar-refractivity contribution is 0.0487. The number of likely N-dealkylation sites (N-methyl/N-ethyl adjacent to an activating group) is 1. The molecule has 13 nitrogen and oxygen atoms in total. The minimum absolute atomic E-state index is 0.118. The quantitative estimate of drug-likeness (QED) is 0.380. The Labute approximate surface area is 213 Å². The van der Waals surface area contributed by atoms with E-state index in [1.165, 1.54) is 38.0 Å². The van der Waals surface area contributed by atoms with E-state index >= 15 is 0 Å². The third kappa shape index (κ3) is 4.73. The van der Waals surface area contributed by atoms with Gasteiger partial charge in [0.15, 0.2) is 22.7 Å². The first-order chi connectivity index (χ1) is 17.7. The molecule has 0 saturated carbocycles. The number of carbonyl (C=O) groups excluding carboxylic acids is 1. The molecule has 200 valence electrons. The van der Waals surface area contributed by atoms with Gasteiger partial charge in [0, 0.05) is 40.3 Å². The van der Waals surface area contributed by atoms with Gasteiger partial charge in [0.25, 0.3) is 5.56 Å². The number of fused-ring (bicyclic) bond motifs is 1. The Balaban J connectivity index is 1.57. The summed E-state index contributed by atoms with van der Waals surface area (Å²) in [6.45, 7) is 2.98. The van der Waals surface area contributed by atoms with Gasteiger partial charge in [-0.3, -0.25) is 13.9 Å². The van der Waals surface area contributed by atoms with Gasteiger partial charge in [-0.15, -0.1) is 0 Å². The summed E-state index contributed by atoms with van der Waals surface area (Å²) in [5.74, 6) is 0.926. The fourth-order valence-corrected chi connectivity index (χ4v) is 4.43. The Bertz CT molecular complexity index is 1410. The van der Waals surface area contributed by atoms with Crippen LogP contribution in [0.25, 0.3) is 11.2 Å². The smallest absolute Gasteiger partial charge is 0.338 e. The third-order valence-electron chi connectivity index (χ3n) is 6.57. The summed E-state index contributed by atoms with van der Waals surface area (Å²) in [5, 5.41) is 0. The number of hydrogen-bond acceptors (Lipinski definition) is 10. The van der Waals surface area contributed by atoms with Crippen LogP contribution in [0.1, 0.15) is 10.4 Å². The van der Waals surface area contributed by atoms with Crippen molar-refractivity contribution in [3.05, 3.63) is 38.5 Å². The maximum atomic E-state index is 13.3. The molecule has 0 amide bonds. The third-order valence-corrected chi connectivity index (χ3v) is 6.57. The number of carbonyl (C=O) groups is 1. The maximum Gasteiger partial charge on any atom is 0.338 e. The van der Waals surface area contributed by atoms with Crippen molar-refractivity contribution in [1.29, 1.82) is 0 Å². The second-order valence-electron chi connectivity index (χ2n) is 8.78. The zero-order chi connectivity index (χ0) is 26.9. The van der Waals surface area contributed by atoms with E-state index in [0.29, 0.717) is 34.4 Å². The lowest BCUT2D eigenvalue weighted by Gasteiger charge is -2.32. The number of ether oxygens (including phenoxy) is 4. The van der Waals surface area contributed by atoms with Gasteiger partial charge in [0.1, 0.15) is 6.61 Å². The molecule has 4 rings (SSSR count). The second kappa shape index (κ2) is 10.5. The fraction of sp³-hybridized carbons (Fsp3) is 0.500. The van der Waals surface area contributed by atoms with Crippen molar-refractivity contribution in [2.45, 2.75) is 6.54 Å². The van der Waals surface area contributed by atoms with E-state index in [4.69, 9.17) is 18.9 Å². The highest BCUT2D eigenvalue weighted by molar-refractivity contribution is 5.91. The molecule has 37 heavy (non-hydrogen) atoms. The molecule has 2 aromatic heterocycles. The Hall–Kier alpha value is -4.00. The van der Waals surface area contributed by atoms with Crippen LogP contribution in [0.4, 0.5) is 5.95 Å². The van der Waals surface area contributed by atoms with Crippen LogP contribution in [-0.4, -0.2) is 90.7 Å². The van der Waals surface area contributed by atoms with E-state index in [9.17, 15) is 14.4 Å². The van der Waals surface area contributed by atoms with E-state index in [1.807, 2.05) is 0 Å². The number of nitrogens with zero attached hydrogens (tertiary/aromatic N) is 6.